The summed E-state index contributed by atoms with van der Waals surface area (Å²) >= 11 is 0. The molecule has 1 aromatic rings. The lowest BCUT2D eigenvalue weighted by molar-refractivity contribution is -0.119. The first-order valence-corrected chi connectivity index (χ1v) is 5.95. The van der Waals surface area contributed by atoms with Gasteiger partial charge in [0, 0.05) is 26.7 Å². The number of carbonyl (C=O) groups is 1. The molecule has 0 heterocycles. The van der Waals surface area contributed by atoms with E-state index in [-0.39, 0.29) is 5.78 Å². The highest BCUT2D eigenvalue weighted by Gasteiger charge is 2.07. The van der Waals surface area contributed by atoms with Crippen LogP contribution in [0.2, 0.25) is 0 Å². The van der Waals surface area contributed by atoms with E-state index < -0.39 is 0 Å². The minimum absolute atomic E-state index is 0.260. The molecule has 0 aliphatic carbocycles. The van der Waals surface area contributed by atoms with E-state index >= 15 is 0 Å². The molecule has 0 spiro atoms. The van der Waals surface area contributed by atoms with Gasteiger partial charge in [-0.2, -0.15) is 0 Å². The quantitative estimate of drug-likeness (QED) is 0.643. The van der Waals surface area contributed by atoms with Gasteiger partial charge in [0.05, 0.1) is 6.54 Å². The van der Waals surface area contributed by atoms with Crippen LogP contribution in [0.1, 0.15) is 12.0 Å². The standard InChI is InChI=1S/C14H21NO2/c1-15(9-6-10-17-2)12-14(16)11-13-7-4-3-5-8-13/h3-5,7-8H,6,9-12H2,1-2H3. The van der Waals surface area contributed by atoms with Crippen LogP contribution in [-0.2, 0) is 16.0 Å². The van der Waals surface area contributed by atoms with E-state index in [1.807, 2.05) is 42.3 Å². The number of methoxy groups -OCH3 is 1. The molecule has 17 heavy (non-hydrogen) atoms. The minimum atomic E-state index is 0.260. The molecule has 1 rings (SSSR count). The number of likely N-dealkylation sites (N-methyl/N-ethyl adjacent to an activating group) is 1. The van der Waals surface area contributed by atoms with Gasteiger partial charge in [-0.15, -0.1) is 0 Å². The Hall–Kier alpha value is -1.19. The molecule has 0 N–H and O–H groups in total. The molecule has 0 aliphatic heterocycles. The fourth-order valence-corrected chi connectivity index (χ4v) is 1.74. The van der Waals surface area contributed by atoms with Gasteiger partial charge in [0.25, 0.3) is 0 Å². The topological polar surface area (TPSA) is 29.5 Å². The number of carbonyl (C=O) groups excluding carboxylic acids is 1. The Morgan fingerprint density at radius 2 is 2.00 bits per heavy atom. The van der Waals surface area contributed by atoms with Crippen LogP contribution in [0.4, 0.5) is 0 Å². The lowest BCUT2D eigenvalue weighted by Crippen LogP contribution is -2.28. The molecular formula is C14H21NO2. The van der Waals surface area contributed by atoms with Crippen LogP contribution in [0.25, 0.3) is 0 Å². The Bertz CT molecular complexity index is 324. The smallest absolute Gasteiger partial charge is 0.151 e. The number of hydrogen-bond donors (Lipinski definition) is 0. The van der Waals surface area contributed by atoms with Crippen molar-refractivity contribution in [2.75, 3.05) is 33.9 Å². The fraction of sp³-hybridized carbons (Fsp3) is 0.500. The van der Waals surface area contributed by atoms with Crippen molar-refractivity contribution in [2.45, 2.75) is 12.8 Å². The van der Waals surface area contributed by atoms with Crippen LogP contribution < -0.4 is 0 Å². The highest BCUT2D eigenvalue weighted by Crippen LogP contribution is 2.01. The predicted octanol–water partition coefficient (Wildman–Crippen LogP) is 1.77. The van der Waals surface area contributed by atoms with Crippen LogP contribution in [0.5, 0.6) is 0 Å². The van der Waals surface area contributed by atoms with Crippen molar-refractivity contribution in [3.8, 4) is 0 Å². The van der Waals surface area contributed by atoms with Gasteiger partial charge in [0.15, 0.2) is 5.78 Å². The average Bonchev–Trinajstić information content (AvgIpc) is 2.30. The SMILES string of the molecule is COCCCN(C)CC(=O)Cc1ccccc1. The number of rotatable bonds is 8. The molecule has 0 radical (unpaired) electrons. The van der Waals surface area contributed by atoms with Gasteiger partial charge in [-0.1, -0.05) is 30.3 Å². The highest BCUT2D eigenvalue weighted by molar-refractivity contribution is 5.82. The van der Waals surface area contributed by atoms with Crippen LogP contribution in [-0.4, -0.2) is 44.5 Å². The molecule has 0 bridgehead atoms. The van der Waals surface area contributed by atoms with E-state index in [1.54, 1.807) is 7.11 Å². The second kappa shape index (κ2) is 7.98. The fourth-order valence-electron chi connectivity index (χ4n) is 1.74. The average molecular weight is 235 g/mol. The van der Waals surface area contributed by atoms with Crippen LogP contribution >= 0.6 is 0 Å². The zero-order valence-electron chi connectivity index (χ0n) is 10.7. The molecule has 0 amide bonds. The van der Waals surface area contributed by atoms with Crippen molar-refractivity contribution < 1.29 is 9.53 Å². The van der Waals surface area contributed by atoms with Crippen molar-refractivity contribution in [3.05, 3.63) is 35.9 Å². The first-order chi connectivity index (χ1) is 8.22. The second-order valence-corrected chi connectivity index (χ2v) is 4.29. The van der Waals surface area contributed by atoms with E-state index in [0.29, 0.717) is 13.0 Å². The van der Waals surface area contributed by atoms with E-state index in [2.05, 4.69) is 0 Å². The molecule has 1 aromatic carbocycles. The third-order valence-corrected chi connectivity index (χ3v) is 2.58. The van der Waals surface area contributed by atoms with Gasteiger partial charge in [0.2, 0.25) is 0 Å². The van der Waals surface area contributed by atoms with Gasteiger partial charge >= 0.3 is 0 Å². The molecule has 0 saturated carbocycles. The maximum Gasteiger partial charge on any atom is 0.151 e. The molecule has 3 heteroatoms. The largest absolute Gasteiger partial charge is 0.385 e. The number of ether oxygens (including phenoxy) is 1. The molecule has 0 aliphatic rings. The first-order valence-electron chi connectivity index (χ1n) is 5.95. The monoisotopic (exact) mass is 235 g/mol. The van der Waals surface area contributed by atoms with Crippen molar-refractivity contribution in [1.29, 1.82) is 0 Å². The molecule has 0 unspecified atom stereocenters. The zero-order valence-corrected chi connectivity index (χ0v) is 10.7. The summed E-state index contributed by atoms with van der Waals surface area (Å²) in [6, 6.07) is 9.87. The van der Waals surface area contributed by atoms with Crippen molar-refractivity contribution >= 4 is 5.78 Å². The zero-order chi connectivity index (χ0) is 12.5. The summed E-state index contributed by atoms with van der Waals surface area (Å²) in [6.45, 7) is 2.16. The molecule has 0 aromatic heterocycles. The molecular weight excluding hydrogens is 214 g/mol. The third-order valence-electron chi connectivity index (χ3n) is 2.58. The Morgan fingerprint density at radius 3 is 2.65 bits per heavy atom. The van der Waals surface area contributed by atoms with Crippen LogP contribution in [0.15, 0.2) is 30.3 Å². The molecule has 0 saturated heterocycles. The van der Waals surface area contributed by atoms with E-state index in [0.717, 1.165) is 25.1 Å². The predicted molar refractivity (Wildman–Crippen MR) is 69.1 cm³/mol. The number of ketones is 1. The summed E-state index contributed by atoms with van der Waals surface area (Å²) in [4.78, 5) is 13.8. The Labute approximate surface area is 103 Å². The number of nitrogens with zero attached hydrogens (tertiary/aromatic N) is 1. The number of hydrogen-bond acceptors (Lipinski definition) is 3. The lowest BCUT2D eigenvalue weighted by Gasteiger charge is -2.15. The van der Waals surface area contributed by atoms with Gasteiger partial charge in [0.1, 0.15) is 0 Å². The highest BCUT2D eigenvalue weighted by atomic mass is 16.5. The van der Waals surface area contributed by atoms with Crippen LogP contribution in [0, 0.1) is 0 Å². The maximum absolute atomic E-state index is 11.8. The Morgan fingerprint density at radius 1 is 1.29 bits per heavy atom. The normalized spacial score (nSPS) is 10.8. The summed E-state index contributed by atoms with van der Waals surface area (Å²) in [5, 5.41) is 0. The lowest BCUT2D eigenvalue weighted by atomic mass is 10.1. The maximum atomic E-state index is 11.8. The van der Waals surface area contributed by atoms with Crippen molar-refractivity contribution in [1.82, 2.24) is 4.90 Å². The van der Waals surface area contributed by atoms with Crippen molar-refractivity contribution in [3.63, 3.8) is 0 Å². The Balaban J connectivity index is 2.25. The first kappa shape index (κ1) is 13.9. The van der Waals surface area contributed by atoms with Gasteiger partial charge in [-0.05, 0) is 19.0 Å². The summed E-state index contributed by atoms with van der Waals surface area (Å²) in [7, 11) is 3.67. The van der Waals surface area contributed by atoms with E-state index in [4.69, 9.17) is 4.74 Å². The minimum Gasteiger partial charge on any atom is -0.385 e. The summed E-state index contributed by atoms with van der Waals surface area (Å²) in [6.07, 6.45) is 1.49. The van der Waals surface area contributed by atoms with Gasteiger partial charge in [-0.25, -0.2) is 0 Å². The summed E-state index contributed by atoms with van der Waals surface area (Å²) in [5.41, 5.74) is 1.09. The molecule has 0 atom stereocenters. The molecule has 0 fully saturated rings. The molecule has 94 valence electrons. The summed E-state index contributed by atoms with van der Waals surface area (Å²) in [5.74, 6) is 0.260. The number of benzene rings is 1. The van der Waals surface area contributed by atoms with Crippen molar-refractivity contribution in [2.24, 2.45) is 0 Å². The number of Topliss-reactive ketones (excluding diaryl/α,β-unsaturated/α-hetero) is 1. The second-order valence-electron chi connectivity index (χ2n) is 4.29. The van der Waals surface area contributed by atoms with Gasteiger partial charge in [-0.3, -0.25) is 9.69 Å². The Kier molecular flexibility index (Phi) is 6.51. The van der Waals surface area contributed by atoms with E-state index in [1.165, 1.54) is 0 Å². The van der Waals surface area contributed by atoms with E-state index in [9.17, 15) is 4.79 Å². The van der Waals surface area contributed by atoms with Gasteiger partial charge < -0.3 is 4.74 Å². The van der Waals surface area contributed by atoms with Crippen LogP contribution in [0.3, 0.4) is 0 Å². The summed E-state index contributed by atoms with van der Waals surface area (Å²) < 4.78 is 4.98. The third kappa shape index (κ3) is 6.19. The molecule has 3 nitrogen and oxygen atoms in total.